The van der Waals surface area contributed by atoms with Crippen molar-refractivity contribution in [3.05, 3.63) is 35.1 Å². The average Bonchev–Trinajstić information content (AvgIpc) is 3.27. The number of hydrogen-bond acceptors (Lipinski definition) is 2. The highest BCUT2D eigenvalue weighted by atomic mass is 19.1. The minimum atomic E-state index is -0.172. The predicted molar refractivity (Wildman–Crippen MR) is 80.3 cm³/mol. The van der Waals surface area contributed by atoms with Crippen molar-refractivity contribution in [1.82, 2.24) is 10.2 Å². The molecule has 1 heterocycles. The van der Waals surface area contributed by atoms with Crippen LogP contribution in [0.2, 0.25) is 0 Å². The fourth-order valence-corrected chi connectivity index (χ4v) is 2.95. The van der Waals surface area contributed by atoms with Crippen LogP contribution in [0.3, 0.4) is 0 Å². The second-order valence-electron chi connectivity index (χ2n) is 6.40. The van der Waals surface area contributed by atoms with Gasteiger partial charge in [0, 0.05) is 18.5 Å². The molecule has 0 unspecified atom stereocenters. The summed E-state index contributed by atoms with van der Waals surface area (Å²) in [5, 5.41) is 3.10. The first kappa shape index (κ1) is 14.5. The molecule has 1 aliphatic carbocycles. The van der Waals surface area contributed by atoms with Gasteiger partial charge in [0.15, 0.2) is 0 Å². The smallest absolute Gasteiger partial charge is 0.223 e. The van der Waals surface area contributed by atoms with E-state index in [1.165, 1.54) is 6.07 Å². The van der Waals surface area contributed by atoms with Gasteiger partial charge < -0.3 is 5.32 Å². The summed E-state index contributed by atoms with van der Waals surface area (Å²) >= 11 is 0. The summed E-state index contributed by atoms with van der Waals surface area (Å²) in [6, 6.07) is 5.42. The zero-order chi connectivity index (χ0) is 14.8. The Bertz CT molecular complexity index is 520. The van der Waals surface area contributed by atoms with Crippen LogP contribution in [0.25, 0.3) is 0 Å². The molecule has 1 saturated heterocycles. The number of nitrogens with one attached hydrogen (secondary N) is 1. The monoisotopic (exact) mass is 290 g/mol. The van der Waals surface area contributed by atoms with E-state index in [0.717, 1.165) is 56.4 Å². The van der Waals surface area contributed by atoms with Crippen molar-refractivity contribution in [2.24, 2.45) is 5.92 Å². The van der Waals surface area contributed by atoms with E-state index >= 15 is 0 Å². The Hall–Kier alpha value is -1.42. The molecule has 1 aromatic carbocycles. The number of aryl methyl sites for hydroxylation is 1. The van der Waals surface area contributed by atoms with Crippen LogP contribution in [0.15, 0.2) is 18.2 Å². The van der Waals surface area contributed by atoms with Gasteiger partial charge in [-0.15, -0.1) is 0 Å². The maximum atomic E-state index is 13.3. The zero-order valence-corrected chi connectivity index (χ0v) is 12.6. The van der Waals surface area contributed by atoms with Gasteiger partial charge in [0.25, 0.3) is 0 Å². The van der Waals surface area contributed by atoms with Gasteiger partial charge in [0.1, 0.15) is 5.82 Å². The Kier molecular flexibility index (Phi) is 4.24. The first-order valence-corrected chi connectivity index (χ1v) is 7.89. The maximum absolute atomic E-state index is 13.3. The fraction of sp³-hybridized carbons (Fsp3) is 0.588. The predicted octanol–water partition coefficient (Wildman–Crippen LogP) is 2.62. The van der Waals surface area contributed by atoms with Gasteiger partial charge in [0.2, 0.25) is 5.91 Å². The Morgan fingerprint density at radius 3 is 2.67 bits per heavy atom. The van der Waals surface area contributed by atoms with Gasteiger partial charge in [0.05, 0.1) is 0 Å². The lowest BCUT2D eigenvalue weighted by molar-refractivity contribution is -0.126. The first-order chi connectivity index (χ1) is 10.1. The molecule has 0 bridgehead atoms. The number of amides is 1. The van der Waals surface area contributed by atoms with Crippen molar-refractivity contribution in [3.8, 4) is 0 Å². The number of piperidine rings is 1. The van der Waals surface area contributed by atoms with Crippen molar-refractivity contribution in [2.75, 3.05) is 13.1 Å². The molecule has 0 radical (unpaired) electrons. The maximum Gasteiger partial charge on any atom is 0.223 e. The summed E-state index contributed by atoms with van der Waals surface area (Å²) in [6.45, 7) is 4.63. The average molecular weight is 290 g/mol. The van der Waals surface area contributed by atoms with E-state index in [1.807, 2.05) is 13.0 Å². The quantitative estimate of drug-likeness (QED) is 0.924. The molecule has 4 heteroatoms. The molecule has 1 amide bonds. The van der Waals surface area contributed by atoms with Crippen LogP contribution in [0.5, 0.6) is 0 Å². The highest BCUT2D eigenvalue weighted by Gasteiger charge is 2.29. The number of likely N-dealkylation sites (tertiary alicyclic amines) is 1. The Morgan fingerprint density at radius 2 is 2.00 bits per heavy atom. The summed E-state index contributed by atoms with van der Waals surface area (Å²) < 4.78 is 13.3. The lowest BCUT2D eigenvalue weighted by Crippen LogP contribution is -2.40. The molecule has 1 aromatic rings. The Morgan fingerprint density at radius 1 is 1.29 bits per heavy atom. The van der Waals surface area contributed by atoms with Crippen molar-refractivity contribution >= 4 is 5.91 Å². The van der Waals surface area contributed by atoms with Crippen molar-refractivity contribution in [3.63, 3.8) is 0 Å². The number of benzene rings is 1. The number of rotatable bonds is 4. The fourth-order valence-electron chi connectivity index (χ4n) is 2.95. The van der Waals surface area contributed by atoms with E-state index < -0.39 is 0 Å². The van der Waals surface area contributed by atoms with Crippen LogP contribution in [0.1, 0.15) is 36.8 Å². The minimum Gasteiger partial charge on any atom is -0.353 e. The van der Waals surface area contributed by atoms with Crippen molar-refractivity contribution in [2.45, 2.75) is 45.2 Å². The SMILES string of the molecule is Cc1ccc(F)cc1CN1CCC(C(=O)NC2CC2)CC1. The number of carbonyl (C=O) groups is 1. The molecule has 2 aliphatic rings. The van der Waals surface area contributed by atoms with E-state index in [4.69, 9.17) is 0 Å². The summed E-state index contributed by atoms with van der Waals surface area (Å²) in [4.78, 5) is 14.4. The van der Waals surface area contributed by atoms with Crippen molar-refractivity contribution in [1.29, 1.82) is 0 Å². The molecular weight excluding hydrogens is 267 g/mol. The zero-order valence-electron chi connectivity index (χ0n) is 12.6. The molecule has 2 fully saturated rings. The van der Waals surface area contributed by atoms with E-state index in [0.29, 0.717) is 6.04 Å². The number of nitrogens with zero attached hydrogens (tertiary/aromatic N) is 1. The van der Waals surface area contributed by atoms with E-state index in [1.54, 1.807) is 6.07 Å². The second kappa shape index (κ2) is 6.14. The minimum absolute atomic E-state index is 0.162. The third-order valence-electron chi connectivity index (χ3n) is 4.59. The molecular formula is C17H23FN2O. The molecule has 0 spiro atoms. The largest absolute Gasteiger partial charge is 0.353 e. The third-order valence-corrected chi connectivity index (χ3v) is 4.59. The topological polar surface area (TPSA) is 32.3 Å². The van der Waals surface area contributed by atoms with Crippen LogP contribution >= 0.6 is 0 Å². The molecule has 3 rings (SSSR count). The van der Waals surface area contributed by atoms with Gasteiger partial charge >= 0.3 is 0 Å². The lowest BCUT2D eigenvalue weighted by Gasteiger charge is -2.31. The van der Waals surface area contributed by atoms with Gasteiger partial charge in [-0.1, -0.05) is 6.07 Å². The highest BCUT2D eigenvalue weighted by molar-refractivity contribution is 5.79. The van der Waals surface area contributed by atoms with Crippen LogP contribution < -0.4 is 5.32 Å². The third kappa shape index (κ3) is 3.82. The summed E-state index contributed by atoms with van der Waals surface area (Å²) in [6.07, 6.45) is 4.10. The van der Waals surface area contributed by atoms with Crippen LogP contribution in [-0.2, 0) is 11.3 Å². The van der Waals surface area contributed by atoms with E-state index in [9.17, 15) is 9.18 Å². The van der Waals surface area contributed by atoms with Crippen LogP contribution in [-0.4, -0.2) is 29.9 Å². The Balaban J connectivity index is 1.51. The molecule has 1 saturated carbocycles. The summed E-state index contributed by atoms with van der Waals surface area (Å²) in [5.74, 6) is 0.226. The molecule has 0 aromatic heterocycles. The standard InChI is InChI=1S/C17H23FN2O/c1-12-2-3-15(18)10-14(12)11-20-8-6-13(7-9-20)17(21)19-16-4-5-16/h2-3,10,13,16H,4-9,11H2,1H3,(H,19,21). The molecule has 114 valence electrons. The first-order valence-electron chi connectivity index (χ1n) is 7.89. The molecule has 1 aliphatic heterocycles. The van der Waals surface area contributed by atoms with Crippen LogP contribution in [0, 0.1) is 18.7 Å². The number of hydrogen-bond donors (Lipinski definition) is 1. The number of halogens is 1. The van der Waals surface area contributed by atoms with Crippen LogP contribution in [0.4, 0.5) is 4.39 Å². The van der Waals surface area contributed by atoms with E-state index in [2.05, 4.69) is 10.2 Å². The highest BCUT2D eigenvalue weighted by Crippen LogP contribution is 2.24. The van der Waals surface area contributed by atoms with Gasteiger partial charge in [-0.05, 0) is 69.0 Å². The molecule has 0 atom stereocenters. The Labute approximate surface area is 125 Å². The summed E-state index contributed by atoms with van der Waals surface area (Å²) in [5.41, 5.74) is 2.18. The molecule has 3 nitrogen and oxygen atoms in total. The summed E-state index contributed by atoms with van der Waals surface area (Å²) in [7, 11) is 0. The molecule has 1 N–H and O–H groups in total. The van der Waals surface area contributed by atoms with Crippen molar-refractivity contribution < 1.29 is 9.18 Å². The molecule has 21 heavy (non-hydrogen) atoms. The van der Waals surface area contributed by atoms with E-state index in [-0.39, 0.29) is 17.6 Å². The second-order valence-corrected chi connectivity index (χ2v) is 6.40. The van der Waals surface area contributed by atoms with Gasteiger partial charge in [-0.25, -0.2) is 4.39 Å². The number of carbonyl (C=O) groups excluding carboxylic acids is 1. The lowest BCUT2D eigenvalue weighted by atomic mass is 9.95. The van der Waals surface area contributed by atoms with Gasteiger partial charge in [-0.3, -0.25) is 9.69 Å². The normalized spacial score (nSPS) is 20.5. The van der Waals surface area contributed by atoms with Gasteiger partial charge in [-0.2, -0.15) is 0 Å².